The molecule has 0 saturated carbocycles. The van der Waals surface area contributed by atoms with E-state index in [1.54, 1.807) is 0 Å². The molecule has 1 N–H and O–H groups in total. The number of nitrogens with zero attached hydrogens (tertiary/aromatic N) is 1. The van der Waals surface area contributed by atoms with Gasteiger partial charge in [-0.15, -0.1) is 0 Å². The molecule has 0 bridgehead atoms. The van der Waals surface area contributed by atoms with Crippen LogP contribution >= 0.6 is 0 Å². The lowest BCUT2D eigenvalue weighted by molar-refractivity contribution is 0.207. The first-order valence-corrected chi connectivity index (χ1v) is 7.51. The lowest BCUT2D eigenvalue weighted by atomic mass is 10.2. The minimum Gasteiger partial charge on any atom is -0.489 e. The quantitative estimate of drug-likeness (QED) is 0.743. The fourth-order valence-electron chi connectivity index (χ4n) is 2.22. The van der Waals surface area contributed by atoms with Crippen LogP contribution in [0.1, 0.15) is 33.1 Å². The minimum atomic E-state index is 0.224. The summed E-state index contributed by atoms with van der Waals surface area (Å²) in [6.45, 7) is 6.47. The summed E-state index contributed by atoms with van der Waals surface area (Å²) in [5.41, 5.74) is 1.01. The van der Waals surface area contributed by atoms with Crippen molar-refractivity contribution in [3.05, 3.63) is 36.5 Å². The molecule has 0 fully saturated rings. The average molecular weight is 272 g/mol. The van der Waals surface area contributed by atoms with E-state index in [0.29, 0.717) is 0 Å². The monoisotopic (exact) mass is 272 g/mol. The van der Waals surface area contributed by atoms with E-state index in [4.69, 9.17) is 4.74 Å². The number of fused-ring (bicyclic) bond motifs is 1. The number of aromatic nitrogens is 1. The summed E-state index contributed by atoms with van der Waals surface area (Å²) in [5.74, 6) is 0.859. The van der Waals surface area contributed by atoms with Crippen molar-refractivity contribution in [3.63, 3.8) is 0 Å². The predicted octanol–water partition coefficient (Wildman–Crippen LogP) is 3.78. The lowest BCUT2D eigenvalue weighted by Gasteiger charge is -2.15. The van der Waals surface area contributed by atoms with Gasteiger partial charge in [0.05, 0.1) is 17.8 Å². The van der Waals surface area contributed by atoms with Crippen molar-refractivity contribution in [2.24, 2.45) is 0 Å². The second kappa shape index (κ2) is 7.85. The molecule has 3 nitrogen and oxygen atoms in total. The molecule has 1 atom stereocenters. The van der Waals surface area contributed by atoms with Gasteiger partial charge in [0, 0.05) is 5.39 Å². The Morgan fingerprint density at radius 3 is 2.95 bits per heavy atom. The number of pyridine rings is 1. The molecule has 0 amide bonds. The first-order chi connectivity index (χ1) is 9.79. The average Bonchev–Trinajstić information content (AvgIpc) is 2.47. The van der Waals surface area contributed by atoms with Gasteiger partial charge in [-0.25, -0.2) is 0 Å². The number of hydrogen-bond acceptors (Lipinski definition) is 3. The van der Waals surface area contributed by atoms with Crippen molar-refractivity contribution in [1.82, 2.24) is 10.3 Å². The van der Waals surface area contributed by atoms with Gasteiger partial charge in [-0.05, 0) is 51.4 Å². The molecule has 1 heterocycles. The molecule has 2 aromatic rings. The van der Waals surface area contributed by atoms with Gasteiger partial charge in [-0.1, -0.05) is 25.1 Å². The highest BCUT2D eigenvalue weighted by atomic mass is 16.5. The molecule has 0 spiro atoms. The van der Waals surface area contributed by atoms with Crippen LogP contribution in [-0.4, -0.2) is 24.2 Å². The Morgan fingerprint density at radius 2 is 2.10 bits per heavy atom. The van der Waals surface area contributed by atoms with Crippen molar-refractivity contribution in [1.29, 1.82) is 0 Å². The summed E-state index contributed by atoms with van der Waals surface area (Å²) in [6.07, 6.45) is 5.43. The maximum Gasteiger partial charge on any atom is 0.138 e. The third kappa shape index (κ3) is 4.49. The zero-order chi connectivity index (χ0) is 14.2. The highest BCUT2D eigenvalue weighted by Crippen LogP contribution is 2.19. The molecule has 1 unspecified atom stereocenters. The van der Waals surface area contributed by atoms with Crippen LogP contribution < -0.4 is 10.1 Å². The van der Waals surface area contributed by atoms with E-state index in [9.17, 15) is 0 Å². The highest BCUT2D eigenvalue weighted by Gasteiger charge is 2.05. The second-order valence-electron chi connectivity index (χ2n) is 5.18. The third-order valence-electron chi connectivity index (χ3n) is 3.29. The highest BCUT2D eigenvalue weighted by molar-refractivity contribution is 5.79. The number of benzene rings is 1. The molecule has 0 saturated heterocycles. The standard InChI is InChI=1S/C17H24N2O/c1-3-10-18-11-6-7-14(2)20-16-12-15-8-4-5-9-17(15)19-13-16/h4-5,8-9,12-14,18H,3,6-7,10-11H2,1-2H3. The van der Waals surface area contributed by atoms with Gasteiger partial charge < -0.3 is 10.1 Å². The van der Waals surface area contributed by atoms with Crippen LogP contribution in [-0.2, 0) is 0 Å². The van der Waals surface area contributed by atoms with Crippen LogP contribution in [0.2, 0.25) is 0 Å². The summed E-state index contributed by atoms with van der Waals surface area (Å²) in [5, 5.41) is 4.54. The van der Waals surface area contributed by atoms with Crippen LogP contribution in [0.5, 0.6) is 5.75 Å². The molecule has 3 heteroatoms. The maximum absolute atomic E-state index is 5.94. The van der Waals surface area contributed by atoms with E-state index in [-0.39, 0.29) is 6.10 Å². The zero-order valence-corrected chi connectivity index (χ0v) is 12.4. The number of hydrogen-bond donors (Lipinski definition) is 1. The van der Waals surface area contributed by atoms with E-state index in [1.807, 2.05) is 24.4 Å². The normalized spacial score (nSPS) is 12.5. The van der Waals surface area contributed by atoms with Crippen molar-refractivity contribution < 1.29 is 4.74 Å². The lowest BCUT2D eigenvalue weighted by Crippen LogP contribution is -2.19. The van der Waals surface area contributed by atoms with Gasteiger partial charge in [0.25, 0.3) is 0 Å². The topological polar surface area (TPSA) is 34.1 Å². The number of nitrogens with one attached hydrogen (secondary N) is 1. The van der Waals surface area contributed by atoms with E-state index < -0.39 is 0 Å². The molecule has 108 valence electrons. The Bertz CT molecular complexity index is 527. The Morgan fingerprint density at radius 1 is 1.25 bits per heavy atom. The molecule has 0 aliphatic rings. The smallest absolute Gasteiger partial charge is 0.138 e. The summed E-state index contributed by atoms with van der Waals surface area (Å²) < 4.78 is 5.94. The molecular weight excluding hydrogens is 248 g/mol. The molecule has 0 aliphatic heterocycles. The molecule has 1 aromatic heterocycles. The summed E-state index contributed by atoms with van der Waals surface area (Å²) >= 11 is 0. The first-order valence-electron chi connectivity index (χ1n) is 7.51. The third-order valence-corrected chi connectivity index (χ3v) is 3.29. The van der Waals surface area contributed by atoms with Crippen molar-refractivity contribution in [3.8, 4) is 5.75 Å². The van der Waals surface area contributed by atoms with Gasteiger partial charge in [-0.2, -0.15) is 0 Å². The zero-order valence-electron chi connectivity index (χ0n) is 12.4. The Labute approximate surface area is 121 Å². The van der Waals surface area contributed by atoms with Crippen molar-refractivity contribution in [2.45, 2.75) is 39.2 Å². The number of ether oxygens (including phenoxy) is 1. The number of para-hydroxylation sites is 1. The van der Waals surface area contributed by atoms with Gasteiger partial charge >= 0.3 is 0 Å². The van der Waals surface area contributed by atoms with E-state index >= 15 is 0 Å². The first kappa shape index (κ1) is 14.8. The SMILES string of the molecule is CCCNCCCC(C)Oc1cnc2ccccc2c1. The molecule has 0 radical (unpaired) electrons. The largest absolute Gasteiger partial charge is 0.489 e. The maximum atomic E-state index is 5.94. The van der Waals surface area contributed by atoms with Gasteiger partial charge in [-0.3, -0.25) is 4.98 Å². The van der Waals surface area contributed by atoms with E-state index in [0.717, 1.165) is 42.6 Å². The second-order valence-corrected chi connectivity index (χ2v) is 5.18. The van der Waals surface area contributed by atoms with Gasteiger partial charge in [0.15, 0.2) is 0 Å². The molecule has 20 heavy (non-hydrogen) atoms. The summed E-state index contributed by atoms with van der Waals surface area (Å²) in [4.78, 5) is 4.42. The van der Waals surface area contributed by atoms with Crippen LogP contribution in [0.4, 0.5) is 0 Å². The van der Waals surface area contributed by atoms with Crippen LogP contribution in [0.3, 0.4) is 0 Å². The summed E-state index contributed by atoms with van der Waals surface area (Å²) in [6, 6.07) is 10.2. The van der Waals surface area contributed by atoms with E-state index in [2.05, 4.69) is 36.3 Å². The molecular formula is C17H24N2O. The van der Waals surface area contributed by atoms with Crippen molar-refractivity contribution in [2.75, 3.05) is 13.1 Å². The Balaban J connectivity index is 1.81. The predicted molar refractivity (Wildman–Crippen MR) is 84.2 cm³/mol. The van der Waals surface area contributed by atoms with Crippen LogP contribution in [0, 0.1) is 0 Å². The summed E-state index contributed by atoms with van der Waals surface area (Å²) in [7, 11) is 0. The fourth-order valence-corrected chi connectivity index (χ4v) is 2.22. The molecule has 2 rings (SSSR count). The van der Waals surface area contributed by atoms with E-state index in [1.165, 1.54) is 6.42 Å². The van der Waals surface area contributed by atoms with Crippen molar-refractivity contribution >= 4 is 10.9 Å². The minimum absolute atomic E-state index is 0.224. The van der Waals surface area contributed by atoms with Gasteiger partial charge in [0.2, 0.25) is 0 Å². The van der Waals surface area contributed by atoms with Crippen LogP contribution in [0.25, 0.3) is 10.9 Å². The Kier molecular flexibility index (Phi) is 5.81. The molecule has 0 aliphatic carbocycles. The van der Waals surface area contributed by atoms with Crippen LogP contribution in [0.15, 0.2) is 36.5 Å². The Hall–Kier alpha value is -1.61. The number of rotatable bonds is 8. The van der Waals surface area contributed by atoms with Gasteiger partial charge in [0.1, 0.15) is 5.75 Å². The molecule has 1 aromatic carbocycles. The fraction of sp³-hybridized carbons (Fsp3) is 0.471.